The minimum absolute atomic E-state index is 0.0170. The monoisotopic (exact) mass is 357 g/mol. The number of likely N-dealkylation sites (tertiary alicyclic amines) is 1. The van der Waals surface area contributed by atoms with Gasteiger partial charge in [0.15, 0.2) is 0 Å². The van der Waals surface area contributed by atoms with Crippen LogP contribution in [0.25, 0.3) is 0 Å². The number of piperidine rings is 1. The molecule has 3 rings (SSSR count). The van der Waals surface area contributed by atoms with Crippen LogP contribution in [-0.2, 0) is 0 Å². The number of urea groups is 1. The molecule has 5 heteroatoms. The Morgan fingerprint density at radius 2 is 1.92 bits per heavy atom. The van der Waals surface area contributed by atoms with E-state index in [-0.39, 0.29) is 11.9 Å². The summed E-state index contributed by atoms with van der Waals surface area (Å²) in [5.74, 6) is 0.337. The molecule has 2 aliphatic rings. The predicted octanol–water partition coefficient (Wildman–Crippen LogP) is 3.66. The lowest BCUT2D eigenvalue weighted by Gasteiger charge is -2.33. The normalized spacial score (nSPS) is 21.3. The Morgan fingerprint density at radius 3 is 2.69 bits per heavy atom. The van der Waals surface area contributed by atoms with E-state index in [1.807, 2.05) is 30.0 Å². The molecule has 26 heavy (non-hydrogen) atoms. The quantitative estimate of drug-likeness (QED) is 0.864. The number of amides is 3. The molecule has 5 nitrogen and oxygen atoms in total. The van der Waals surface area contributed by atoms with Crippen molar-refractivity contribution in [2.24, 2.45) is 0 Å². The first-order valence-electron chi connectivity index (χ1n) is 10.1. The lowest BCUT2D eigenvalue weighted by molar-refractivity contribution is 0.0927. The first-order valence-corrected chi connectivity index (χ1v) is 10.1. The highest BCUT2D eigenvalue weighted by Crippen LogP contribution is 2.27. The number of hydrogen-bond acceptors (Lipinski definition) is 2. The molecule has 0 aromatic heterocycles. The Kier molecular flexibility index (Phi) is 6.53. The van der Waals surface area contributed by atoms with Crippen molar-refractivity contribution in [2.45, 2.75) is 63.8 Å². The summed E-state index contributed by atoms with van der Waals surface area (Å²) >= 11 is 0. The Labute approximate surface area is 156 Å². The van der Waals surface area contributed by atoms with Gasteiger partial charge in [0, 0.05) is 37.2 Å². The molecule has 0 unspecified atom stereocenters. The molecule has 1 aliphatic carbocycles. The molecule has 0 bridgehead atoms. The molecule has 0 spiro atoms. The van der Waals surface area contributed by atoms with Gasteiger partial charge in [-0.2, -0.15) is 0 Å². The van der Waals surface area contributed by atoms with Crippen molar-refractivity contribution < 1.29 is 9.59 Å². The summed E-state index contributed by atoms with van der Waals surface area (Å²) in [7, 11) is 0. The average molecular weight is 357 g/mol. The van der Waals surface area contributed by atoms with E-state index in [2.05, 4.69) is 16.7 Å². The Morgan fingerprint density at radius 1 is 1.12 bits per heavy atom. The van der Waals surface area contributed by atoms with Crippen molar-refractivity contribution in [3.05, 3.63) is 35.4 Å². The second-order valence-corrected chi connectivity index (χ2v) is 7.55. The zero-order valence-electron chi connectivity index (χ0n) is 15.8. The SMILES string of the molecule is CCNC(=O)N1CCC[C@H](c2cccc(C(=O)NC3CCCCC3)c2)C1. The van der Waals surface area contributed by atoms with Crippen LogP contribution in [0.15, 0.2) is 24.3 Å². The van der Waals surface area contributed by atoms with Crippen molar-refractivity contribution >= 4 is 11.9 Å². The summed E-state index contributed by atoms with van der Waals surface area (Å²) in [5.41, 5.74) is 1.90. The van der Waals surface area contributed by atoms with Gasteiger partial charge in [-0.15, -0.1) is 0 Å². The summed E-state index contributed by atoms with van der Waals surface area (Å²) < 4.78 is 0. The molecule has 3 amide bonds. The second-order valence-electron chi connectivity index (χ2n) is 7.55. The highest BCUT2D eigenvalue weighted by atomic mass is 16.2. The Balaban J connectivity index is 1.64. The number of nitrogens with one attached hydrogen (secondary N) is 2. The van der Waals surface area contributed by atoms with Gasteiger partial charge in [-0.25, -0.2) is 4.79 Å². The molecule has 1 saturated heterocycles. The fraction of sp³-hybridized carbons (Fsp3) is 0.619. The maximum absolute atomic E-state index is 12.6. The number of carbonyl (C=O) groups is 2. The molecular formula is C21H31N3O2. The maximum atomic E-state index is 12.6. The Bertz CT molecular complexity index is 625. The number of hydrogen-bond donors (Lipinski definition) is 2. The van der Waals surface area contributed by atoms with Crippen LogP contribution in [0, 0.1) is 0 Å². The zero-order chi connectivity index (χ0) is 18.4. The van der Waals surface area contributed by atoms with Gasteiger partial charge >= 0.3 is 6.03 Å². The van der Waals surface area contributed by atoms with Crippen LogP contribution in [-0.4, -0.2) is 42.5 Å². The van der Waals surface area contributed by atoms with Gasteiger partial charge < -0.3 is 15.5 Å². The summed E-state index contributed by atoms with van der Waals surface area (Å²) in [4.78, 5) is 26.6. The smallest absolute Gasteiger partial charge is 0.317 e. The van der Waals surface area contributed by atoms with Crippen molar-refractivity contribution in [1.82, 2.24) is 15.5 Å². The first kappa shape index (κ1) is 18.7. The van der Waals surface area contributed by atoms with Crippen LogP contribution in [0.2, 0.25) is 0 Å². The van der Waals surface area contributed by atoms with Gasteiger partial charge in [0.25, 0.3) is 5.91 Å². The van der Waals surface area contributed by atoms with E-state index >= 15 is 0 Å². The molecule has 1 aromatic carbocycles. The van der Waals surface area contributed by atoms with Crippen molar-refractivity contribution in [3.63, 3.8) is 0 Å². The van der Waals surface area contributed by atoms with Gasteiger partial charge in [-0.1, -0.05) is 31.4 Å². The van der Waals surface area contributed by atoms with E-state index in [0.717, 1.165) is 49.9 Å². The van der Waals surface area contributed by atoms with Gasteiger partial charge in [0.1, 0.15) is 0 Å². The topological polar surface area (TPSA) is 61.4 Å². The summed E-state index contributed by atoms with van der Waals surface area (Å²) in [6.45, 7) is 4.12. The molecule has 0 radical (unpaired) electrons. The fourth-order valence-corrected chi connectivity index (χ4v) is 4.15. The third-order valence-corrected chi connectivity index (χ3v) is 5.60. The van der Waals surface area contributed by atoms with E-state index in [0.29, 0.717) is 18.5 Å². The standard InChI is InChI=1S/C21H31N3O2/c1-2-22-21(26)24-13-7-10-18(15-24)16-8-6-9-17(14-16)20(25)23-19-11-4-3-5-12-19/h6,8-9,14,18-19H,2-5,7,10-13,15H2,1H3,(H,22,26)(H,23,25)/t18-/m0/s1. The fourth-order valence-electron chi connectivity index (χ4n) is 4.15. The minimum Gasteiger partial charge on any atom is -0.349 e. The summed E-state index contributed by atoms with van der Waals surface area (Å²) in [5, 5.41) is 6.08. The van der Waals surface area contributed by atoms with Crippen LogP contribution in [0.4, 0.5) is 4.79 Å². The lowest BCUT2D eigenvalue weighted by atomic mass is 9.89. The van der Waals surface area contributed by atoms with E-state index in [1.165, 1.54) is 19.3 Å². The van der Waals surface area contributed by atoms with Crippen molar-refractivity contribution in [2.75, 3.05) is 19.6 Å². The zero-order valence-corrected chi connectivity index (χ0v) is 15.8. The number of benzene rings is 1. The van der Waals surface area contributed by atoms with Gasteiger partial charge in [-0.3, -0.25) is 4.79 Å². The molecule has 2 N–H and O–H groups in total. The van der Waals surface area contributed by atoms with Crippen LogP contribution in [0.1, 0.15) is 73.7 Å². The maximum Gasteiger partial charge on any atom is 0.317 e. The van der Waals surface area contributed by atoms with Gasteiger partial charge in [0.2, 0.25) is 0 Å². The van der Waals surface area contributed by atoms with Gasteiger partial charge in [0.05, 0.1) is 0 Å². The third-order valence-electron chi connectivity index (χ3n) is 5.60. The van der Waals surface area contributed by atoms with E-state index in [1.54, 1.807) is 0 Å². The summed E-state index contributed by atoms with van der Waals surface area (Å²) in [6.07, 6.45) is 7.95. The van der Waals surface area contributed by atoms with Crippen LogP contribution < -0.4 is 10.6 Å². The van der Waals surface area contributed by atoms with Crippen molar-refractivity contribution in [3.8, 4) is 0 Å². The number of rotatable bonds is 4. The third kappa shape index (κ3) is 4.77. The highest BCUT2D eigenvalue weighted by Gasteiger charge is 2.25. The molecule has 1 saturated carbocycles. The van der Waals surface area contributed by atoms with Gasteiger partial charge in [-0.05, 0) is 50.3 Å². The first-order chi connectivity index (χ1) is 12.7. The largest absolute Gasteiger partial charge is 0.349 e. The predicted molar refractivity (Wildman–Crippen MR) is 103 cm³/mol. The summed E-state index contributed by atoms with van der Waals surface area (Å²) in [6, 6.07) is 8.31. The van der Waals surface area contributed by atoms with E-state index < -0.39 is 0 Å². The second kappa shape index (κ2) is 9.06. The molecule has 1 aromatic rings. The van der Waals surface area contributed by atoms with Crippen LogP contribution >= 0.6 is 0 Å². The van der Waals surface area contributed by atoms with Crippen molar-refractivity contribution in [1.29, 1.82) is 0 Å². The number of nitrogens with zero attached hydrogens (tertiary/aromatic N) is 1. The van der Waals surface area contributed by atoms with E-state index in [9.17, 15) is 9.59 Å². The molecule has 1 aliphatic heterocycles. The molecule has 2 fully saturated rings. The molecule has 1 atom stereocenters. The molecular weight excluding hydrogens is 326 g/mol. The van der Waals surface area contributed by atoms with Crippen LogP contribution in [0.5, 0.6) is 0 Å². The minimum atomic E-state index is 0.0170. The molecule has 142 valence electrons. The van der Waals surface area contributed by atoms with Crippen LogP contribution in [0.3, 0.4) is 0 Å². The average Bonchev–Trinajstić information content (AvgIpc) is 2.69. The highest BCUT2D eigenvalue weighted by molar-refractivity contribution is 5.94. The number of carbonyl (C=O) groups excluding carboxylic acids is 2. The molecule has 1 heterocycles. The Hall–Kier alpha value is -2.04. The van der Waals surface area contributed by atoms with E-state index in [4.69, 9.17) is 0 Å². The lowest BCUT2D eigenvalue weighted by Crippen LogP contribution is -2.44.